The molecular weight excluding hydrogens is 212 g/mol. The van der Waals surface area contributed by atoms with E-state index in [9.17, 15) is 0 Å². The summed E-state index contributed by atoms with van der Waals surface area (Å²) in [4.78, 5) is 11.0. The lowest BCUT2D eigenvalue weighted by atomic mass is 10.1. The largest absolute Gasteiger partial charge is 0.355 e. The van der Waals surface area contributed by atoms with Gasteiger partial charge >= 0.3 is 0 Å². The smallest absolute Gasteiger partial charge is 0.132 e. The van der Waals surface area contributed by atoms with Crippen LogP contribution in [0.4, 0.5) is 5.82 Å². The molecule has 2 rings (SSSR count). The fourth-order valence-electron chi connectivity index (χ4n) is 2.27. The third-order valence-corrected chi connectivity index (χ3v) is 3.28. The van der Waals surface area contributed by atoms with Crippen molar-refractivity contribution in [3.05, 3.63) is 18.1 Å². The van der Waals surface area contributed by atoms with Gasteiger partial charge in [-0.1, -0.05) is 13.3 Å². The fraction of sp³-hybridized carbons (Fsp3) is 0.692. The molecule has 0 aromatic carbocycles. The number of aryl methyl sites for hydroxylation is 1. The van der Waals surface area contributed by atoms with E-state index in [0.29, 0.717) is 0 Å². The second-order valence-electron chi connectivity index (χ2n) is 4.82. The summed E-state index contributed by atoms with van der Waals surface area (Å²) in [7, 11) is 0. The van der Waals surface area contributed by atoms with Crippen LogP contribution in [0.25, 0.3) is 0 Å². The summed E-state index contributed by atoms with van der Waals surface area (Å²) in [6, 6.07) is 2.41. The van der Waals surface area contributed by atoms with Crippen molar-refractivity contribution in [3.63, 3.8) is 0 Å². The molecule has 17 heavy (non-hydrogen) atoms. The van der Waals surface area contributed by atoms with Gasteiger partial charge in [0, 0.05) is 30.9 Å². The maximum Gasteiger partial charge on any atom is 0.132 e. The normalized spacial score (nSPS) is 20.6. The van der Waals surface area contributed by atoms with E-state index in [2.05, 4.69) is 27.9 Å². The Kier molecular flexibility index (Phi) is 4.31. The van der Waals surface area contributed by atoms with Crippen LogP contribution >= 0.6 is 0 Å². The quantitative estimate of drug-likeness (QED) is 0.862. The average molecular weight is 234 g/mol. The Bertz CT molecular complexity index is 353. The van der Waals surface area contributed by atoms with Gasteiger partial charge in [-0.25, -0.2) is 9.97 Å². The minimum absolute atomic E-state index is 0.290. The third kappa shape index (κ3) is 3.40. The van der Waals surface area contributed by atoms with Crippen molar-refractivity contribution in [2.75, 3.05) is 18.0 Å². The Balaban J connectivity index is 2.04. The zero-order valence-electron chi connectivity index (χ0n) is 10.6. The van der Waals surface area contributed by atoms with E-state index in [1.165, 1.54) is 12.8 Å². The predicted octanol–water partition coefficient (Wildman–Crippen LogP) is 1.75. The minimum Gasteiger partial charge on any atom is -0.355 e. The van der Waals surface area contributed by atoms with Crippen molar-refractivity contribution in [3.8, 4) is 0 Å². The van der Waals surface area contributed by atoms with Crippen LogP contribution in [-0.2, 0) is 6.42 Å². The molecule has 4 nitrogen and oxygen atoms in total. The van der Waals surface area contributed by atoms with Crippen LogP contribution in [-0.4, -0.2) is 29.1 Å². The van der Waals surface area contributed by atoms with E-state index in [0.717, 1.165) is 43.9 Å². The van der Waals surface area contributed by atoms with E-state index in [4.69, 9.17) is 5.73 Å². The molecule has 0 aliphatic carbocycles. The molecule has 0 saturated carbocycles. The van der Waals surface area contributed by atoms with Crippen LogP contribution in [0.5, 0.6) is 0 Å². The maximum absolute atomic E-state index is 6.00. The van der Waals surface area contributed by atoms with Crippen LogP contribution in [0.1, 0.15) is 38.3 Å². The molecule has 0 bridgehead atoms. The van der Waals surface area contributed by atoms with E-state index in [-0.39, 0.29) is 6.04 Å². The molecule has 1 fully saturated rings. The number of unbranched alkanes of at least 4 members (excludes halogenated alkanes) is 1. The van der Waals surface area contributed by atoms with Crippen LogP contribution in [0.3, 0.4) is 0 Å². The van der Waals surface area contributed by atoms with E-state index < -0.39 is 0 Å². The first-order valence-electron chi connectivity index (χ1n) is 6.61. The highest BCUT2D eigenvalue weighted by atomic mass is 15.2. The molecule has 1 unspecified atom stereocenters. The first-order valence-corrected chi connectivity index (χ1v) is 6.61. The minimum atomic E-state index is 0.290. The van der Waals surface area contributed by atoms with Gasteiger partial charge in [-0.2, -0.15) is 0 Å². The molecule has 1 aromatic rings. The summed E-state index contributed by atoms with van der Waals surface area (Å²) in [6.45, 7) is 4.19. The van der Waals surface area contributed by atoms with Crippen LogP contribution in [0.2, 0.25) is 0 Å². The summed E-state index contributed by atoms with van der Waals surface area (Å²) >= 11 is 0. The molecule has 2 heterocycles. The van der Waals surface area contributed by atoms with Gasteiger partial charge < -0.3 is 10.6 Å². The number of nitrogens with zero attached hydrogens (tertiary/aromatic N) is 3. The van der Waals surface area contributed by atoms with Gasteiger partial charge in [-0.15, -0.1) is 0 Å². The molecular formula is C13H22N4. The number of hydrogen-bond donors (Lipinski definition) is 1. The topological polar surface area (TPSA) is 55.0 Å². The van der Waals surface area contributed by atoms with Crippen LogP contribution in [0.15, 0.2) is 12.4 Å². The lowest BCUT2D eigenvalue weighted by molar-refractivity contribution is 0.502. The molecule has 1 aliphatic heterocycles. The molecule has 4 heteroatoms. The van der Waals surface area contributed by atoms with E-state index >= 15 is 0 Å². The molecule has 94 valence electrons. The summed E-state index contributed by atoms with van der Waals surface area (Å²) in [5.41, 5.74) is 7.14. The summed E-state index contributed by atoms with van der Waals surface area (Å²) in [5.74, 6) is 1.04. The number of aromatic nitrogens is 2. The molecule has 2 N–H and O–H groups in total. The number of rotatable bonds is 4. The second kappa shape index (κ2) is 5.96. The van der Waals surface area contributed by atoms with Crippen molar-refractivity contribution in [1.82, 2.24) is 9.97 Å². The molecule has 0 amide bonds. The van der Waals surface area contributed by atoms with Gasteiger partial charge in [0.15, 0.2) is 0 Å². The molecule has 1 aromatic heterocycles. The van der Waals surface area contributed by atoms with E-state index in [1.54, 1.807) is 6.33 Å². The molecule has 1 atom stereocenters. The highest BCUT2D eigenvalue weighted by Gasteiger charge is 2.17. The van der Waals surface area contributed by atoms with E-state index in [1.807, 2.05) is 0 Å². The van der Waals surface area contributed by atoms with Gasteiger partial charge in [0.25, 0.3) is 0 Å². The Morgan fingerprint density at radius 3 is 3.12 bits per heavy atom. The first-order chi connectivity index (χ1) is 8.29. The zero-order valence-corrected chi connectivity index (χ0v) is 10.6. The Hall–Kier alpha value is -1.16. The van der Waals surface area contributed by atoms with Crippen molar-refractivity contribution in [2.24, 2.45) is 5.73 Å². The summed E-state index contributed by atoms with van der Waals surface area (Å²) < 4.78 is 0. The fourth-order valence-corrected chi connectivity index (χ4v) is 2.27. The second-order valence-corrected chi connectivity index (χ2v) is 4.82. The van der Waals surface area contributed by atoms with Crippen molar-refractivity contribution >= 4 is 5.82 Å². The third-order valence-electron chi connectivity index (χ3n) is 3.28. The molecule has 0 radical (unpaired) electrons. The first kappa shape index (κ1) is 12.3. The highest BCUT2D eigenvalue weighted by Crippen LogP contribution is 2.17. The van der Waals surface area contributed by atoms with Gasteiger partial charge in [0.05, 0.1) is 0 Å². The maximum atomic E-state index is 6.00. The van der Waals surface area contributed by atoms with Gasteiger partial charge in [-0.3, -0.25) is 0 Å². The Morgan fingerprint density at radius 1 is 1.47 bits per heavy atom. The highest BCUT2D eigenvalue weighted by molar-refractivity contribution is 5.39. The number of hydrogen-bond acceptors (Lipinski definition) is 4. The van der Waals surface area contributed by atoms with Crippen LogP contribution < -0.4 is 10.6 Å². The summed E-state index contributed by atoms with van der Waals surface area (Å²) in [5, 5.41) is 0. The predicted molar refractivity (Wildman–Crippen MR) is 70.1 cm³/mol. The SMILES string of the molecule is CCCCc1cc(N2CCCC(N)C2)ncn1. The molecule has 1 aliphatic rings. The monoisotopic (exact) mass is 234 g/mol. The lowest BCUT2D eigenvalue weighted by Crippen LogP contribution is -2.43. The van der Waals surface area contributed by atoms with Gasteiger partial charge in [-0.05, 0) is 25.7 Å². The number of anilines is 1. The lowest BCUT2D eigenvalue weighted by Gasteiger charge is -2.31. The average Bonchev–Trinajstić information content (AvgIpc) is 2.37. The van der Waals surface area contributed by atoms with Crippen molar-refractivity contribution in [1.29, 1.82) is 0 Å². The van der Waals surface area contributed by atoms with Gasteiger partial charge in [0.1, 0.15) is 12.1 Å². The Morgan fingerprint density at radius 2 is 2.35 bits per heavy atom. The number of piperidine rings is 1. The molecule has 1 saturated heterocycles. The van der Waals surface area contributed by atoms with Crippen LogP contribution in [0, 0.1) is 0 Å². The van der Waals surface area contributed by atoms with Gasteiger partial charge in [0.2, 0.25) is 0 Å². The standard InChI is InChI=1S/C13H22N4/c1-2-3-6-12-8-13(16-10-15-12)17-7-4-5-11(14)9-17/h8,10-11H,2-7,9,14H2,1H3. The number of nitrogens with two attached hydrogens (primary N) is 1. The van der Waals surface area contributed by atoms with Crippen molar-refractivity contribution < 1.29 is 0 Å². The zero-order chi connectivity index (χ0) is 12.1. The Labute approximate surface area is 103 Å². The van der Waals surface area contributed by atoms with Crippen molar-refractivity contribution in [2.45, 2.75) is 45.1 Å². The molecule has 0 spiro atoms. The summed E-state index contributed by atoms with van der Waals surface area (Å²) in [6.07, 6.45) is 7.41.